The summed E-state index contributed by atoms with van der Waals surface area (Å²) in [6, 6.07) is 8.38. The molecule has 0 aliphatic carbocycles. The molecular weight excluding hydrogens is 282 g/mol. The molecule has 3 nitrogen and oxygen atoms in total. The van der Waals surface area contributed by atoms with Gasteiger partial charge in [-0.25, -0.2) is 0 Å². The summed E-state index contributed by atoms with van der Waals surface area (Å²) in [6.07, 6.45) is 2.01. The van der Waals surface area contributed by atoms with Crippen LogP contribution in [0.25, 0.3) is 0 Å². The Labute approximate surface area is 120 Å². The number of hydrogen-bond donors (Lipinski definition) is 1. The average molecular weight is 297 g/mol. The fraction of sp³-hybridized carbons (Fsp3) is 0.333. The van der Waals surface area contributed by atoms with Gasteiger partial charge in [0.15, 0.2) is 8.68 Å². The molecule has 0 radical (unpaired) electrons. The number of aromatic nitrogens is 2. The summed E-state index contributed by atoms with van der Waals surface area (Å²) in [5.41, 5.74) is 8.60. The molecule has 0 saturated carbocycles. The second-order valence-electron chi connectivity index (χ2n) is 3.87. The summed E-state index contributed by atoms with van der Waals surface area (Å²) in [5.74, 6) is 0.826. The van der Waals surface area contributed by atoms with Gasteiger partial charge in [0.25, 0.3) is 0 Å². The zero-order valence-electron chi connectivity index (χ0n) is 10.3. The number of hydrogen-bond acceptors (Lipinski definition) is 6. The van der Waals surface area contributed by atoms with Gasteiger partial charge in [-0.3, -0.25) is 0 Å². The molecule has 18 heavy (non-hydrogen) atoms. The Morgan fingerprint density at radius 3 is 2.78 bits per heavy atom. The van der Waals surface area contributed by atoms with E-state index >= 15 is 0 Å². The first kappa shape index (κ1) is 13.9. The molecule has 0 aliphatic heterocycles. The van der Waals surface area contributed by atoms with Crippen molar-refractivity contribution in [3.05, 3.63) is 35.4 Å². The first-order valence-corrected chi connectivity index (χ1v) is 8.54. The molecule has 2 rings (SSSR count). The van der Waals surface area contributed by atoms with Crippen molar-refractivity contribution in [2.24, 2.45) is 5.73 Å². The second kappa shape index (κ2) is 6.56. The molecule has 0 saturated heterocycles. The summed E-state index contributed by atoms with van der Waals surface area (Å²) in [4.78, 5) is 0. The molecule has 1 aromatic heterocycles. The Bertz CT molecular complexity index is 513. The molecule has 6 heteroatoms. The average Bonchev–Trinajstić information content (AvgIpc) is 2.84. The highest BCUT2D eigenvalue weighted by molar-refractivity contribution is 8.02. The lowest BCUT2D eigenvalue weighted by Gasteiger charge is -2.10. The van der Waals surface area contributed by atoms with Crippen LogP contribution >= 0.6 is 34.9 Å². The lowest BCUT2D eigenvalue weighted by atomic mass is 10.1. The Morgan fingerprint density at radius 1 is 1.33 bits per heavy atom. The van der Waals surface area contributed by atoms with Crippen LogP contribution in [-0.4, -0.2) is 22.2 Å². The van der Waals surface area contributed by atoms with E-state index in [0.717, 1.165) is 14.4 Å². The van der Waals surface area contributed by atoms with E-state index in [2.05, 4.69) is 35.3 Å². The van der Waals surface area contributed by atoms with E-state index in [1.807, 2.05) is 12.3 Å². The Hall–Kier alpha value is -0.560. The monoisotopic (exact) mass is 297 g/mol. The highest BCUT2D eigenvalue weighted by Gasteiger charge is 2.09. The van der Waals surface area contributed by atoms with Gasteiger partial charge >= 0.3 is 0 Å². The van der Waals surface area contributed by atoms with Gasteiger partial charge in [0.05, 0.1) is 0 Å². The number of thioether (sulfide) groups is 2. The molecule has 1 aromatic carbocycles. The van der Waals surface area contributed by atoms with Crippen molar-refractivity contribution in [1.29, 1.82) is 0 Å². The summed E-state index contributed by atoms with van der Waals surface area (Å²) in [6.45, 7) is 2.08. The first-order valence-electron chi connectivity index (χ1n) is 5.51. The van der Waals surface area contributed by atoms with E-state index in [1.54, 1.807) is 34.9 Å². The van der Waals surface area contributed by atoms with Crippen LogP contribution in [-0.2, 0) is 0 Å². The summed E-state index contributed by atoms with van der Waals surface area (Å²) < 4.78 is 1.99. The molecular formula is C12H15N3S3. The highest BCUT2D eigenvalue weighted by atomic mass is 32.2. The van der Waals surface area contributed by atoms with Gasteiger partial charge in [-0.15, -0.1) is 10.2 Å². The number of rotatable bonds is 5. The quantitative estimate of drug-likeness (QED) is 0.858. The molecule has 1 atom stereocenters. The summed E-state index contributed by atoms with van der Waals surface area (Å²) in [5, 5.41) is 8.19. The SMILES string of the molecule is CSc1nnc(SCC(N)c2cccc(C)c2)s1. The maximum Gasteiger partial charge on any atom is 0.175 e. The molecule has 0 amide bonds. The van der Waals surface area contributed by atoms with Crippen molar-refractivity contribution in [2.75, 3.05) is 12.0 Å². The van der Waals surface area contributed by atoms with Gasteiger partial charge in [-0.1, -0.05) is 64.7 Å². The second-order valence-corrected chi connectivity index (χ2v) is 7.17. The van der Waals surface area contributed by atoms with Gasteiger partial charge in [0.2, 0.25) is 0 Å². The van der Waals surface area contributed by atoms with Crippen molar-refractivity contribution >= 4 is 34.9 Å². The molecule has 0 fully saturated rings. The highest BCUT2D eigenvalue weighted by Crippen LogP contribution is 2.29. The minimum atomic E-state index is 0.0385. The van der Waals surface area contributed by atoms with E-state index in [9.17, 15) is 0 Å². The van der Waals surface area contributed by atoms with Crippen LogP contribution in [0.2, 0.25) is 0 Å². The first-order chi connectivity index (χ1) is 8.69. The van der Waals surface area contributed by atoms with Gasteiger partial charge < -0.3 is 5.73 Å². The lowest BCUT2D eigenvalue weighted by molar-refractivity contribution is 0.828. The molecule has 1 heterocycles. The standard InChI is InChI=1S/C12H15N3S3/c1-8-4-3-5-9(6-8)10(13)7-17-12-15-14-11(16-2)18-12/h3-6,10H,7,13H2,1-2H3. The largest absolute Gasteiger partial charge is 0.323 e. The fourth-order valence-electron chi connectivity index (χ4n) is 1.50. The van der Waals surface area contributed by atoms with E-state index in [4.69, 9.17) is 5.73 Å². The summed E-state index contributed by atoms with van der Waals surface area (Å²) >= 11 is 4.92. The molecule has 0 bridgehead atoms. The molecule has 1 unspecified atom stereocenters. The number of benzene rings is 1. The Balaban J connectivity index is 1.93. The van der Waals surface area contributed by atoms with Crippen molar-refractivity contribution in [3.8, 4) is 0 Å². The molecule has 0 aliphatic rings. The Kier molecular flexibility index (Phi) is 5.05. The van der Waals surface area contributed by atoms with Crippen LogP contribution in [0.15, 0.2) is 32.9 Å². The number of nitrogens with zero attached hydrogens (tertiary/aromatic N) is 2. The predicted octanol–water partition coefficient (Wildman–Crippen LogP) is 3.36. The van der Waals surface area contributed by atoms with Crippen molar-refractivity contribution in [3.63, 3.8) is 0 Å². The zero-order valence-corrected chi connectivity index (χ0v) is 12.7. The molecule has 0 spiro atoms. The zero-order chi connectivity index (χ0) is 13.0. The molecule has 96 valence electrons. The third-order valence-electron chi connectivity index (χ3n) is 2.42. The molecule has 2 N–H and O–H groups in total. The van der Waals surface area contributed by atoms with Gasteiger partial charge in [-0.05, 0) is 18.7 Å². The van der Waals surface area contributed by atoms with Gasteiger partial charge in [0, 0.05) is 11.8 Å². The third kappa shape index (κ3) is 3.71. The maximum atomic E-state index is 6.18. The van der Waals surface area contributed by atoms with Crippen LogP contribution in [0.5, 0.6) is 0 Å². The van der Waals surface area contributed by atoms with E-state index in [-0.39, 0.29) is 6.04 Å². The van der Waals surface area contributed by atoms with Crippen LogP contribution < -0.4 is 5.73 Å². The van der Waals surface area contributed by atoms with Crippen LogP contribution in [0.4, 0.5) is 0 Å². The van der Waals surface area contributed by atoms with E-state index in [0.29, 0.717) is 0 Å². The van der Waals surface area contributed by atoms with Crippen molar-refractivity contribution in [1.82, 2.24) is 10.2 Å². The maximum absolute atomic E-state index is 6.18. The lowest BCUT2D eigenvalue weighted by Crippen LogP contribution is -2.12. The van der Waals surface area contributed by atoms with Crippen LogP contribution in [0.3, 0.4) is 0 Å². The van der Waals surface area contributed by atoms with E-state index < -0.39 is 0 Å². The third-order valence-corrected chi connectivity index (χ3v) is 5.57. The predicted molar refractivity (Wildman–Crippen MR) is 80.5 cm³/mol. The minimum absolute atomic E-state index is 0.0385. The van der Waals surface area contributed by atoms with Gasteiger partial charge in [-0.2, -0.15) is 0 Å². The summed E-state index contributed by atoms with van der Waals surface area (Å²) in [7, 11) is 0. The van der Waals surface area contributed by atoms with E-state index in [1.165, 1.54) is 11.1 Å². The molecule has 2 aromatic rings. The Morgan fingerprint density at radius 2 is 2.11 bits per heavy atom. The fourth-order valence-corrected chi connectivity index (χ4v) is 3.95. The van der Waals surface area contributed by atoms with Crippen LogP contribution in [0.1, 0.15) is 17.2 Å². The van der Waals surface area contributed by atoms with Crippen molar-refractivity contribution in [2.45, 2.75) is 21.6 Å². The topological polar surface area (TPSA) is 51.8 Å². The normalized spacial score (nSPS) is 12.6. The van der Waals surface area contributed by atoms with Gasteiger partial charge in [0.1, 0.15) is 0 Å². The van der Waals surface area contributed by atoms with Crippen LogP contribution in [0, 0.1) is 6.92 Å². The number of aryl methyl sites for hydroxylation is 1. The van der Waals surface area contributed by atoms with Crippen molar-refractivity contribution < 1.29 is 0 Å². The minimum Gasteiger partial charge on any atom is -0.323 e. The smallest absolute Gasteiger partial charge is 0.175 e. The number of nitrogens with two attached hydrogens (primary N) is 1.